The molecule has 0 bridgehead atoms. The Kier molecular flexibility index (Phi) is 7.75. The highest BCUT2D eigenvalue weighted by Crippen LogP contribution is 2.32. The van der Waals surface area contributed by atoms with E-state index >= 15 is 0 Å². The van der Waals surface area contributed by atoms with Gasteiger partial charge in [0.25, 0.3) is 0 Å². The molecule has 0 aromatic rings. The van der Waals surface area contributed by atoms with Gasteiger partial charge in [-0.05, 0) is 45.1 Å². The highest BCUT2D eigenvalue weighted by molar-refractivity contribution is 8.00. The molecular formula is C14H28N2OS. The molecule has 1 rings (SSSR count). The van der Waals surface area contributed by atoms with Gasteiger partial charge in [-0.3, -0.25) is 4.79 Å². The quantitative estimate of drug-likeness (QED) is 0.748. The van der Waals surface area contributed by atoms with Crippen molar-refractivity contribution in [3.05, 3.63) is 0 Å². The van der Waals surface area contributed by atoms with E-state index in [4.69, 9.17) is 0 Å². The predicted octanol–water partition coefficient (Wildman–Crippen LogP) is 2.41. The first-order valence-electron chi connectivity index (χ1n) is 7.29. The molecule has 18 heavy (non-hydrogen) atoms. The van der Waals surface area contributed by atoms with Crippen molar-refractivity contribution < 1.29 is 4.79 Å². The number of nitrogens with one attached hydrogen (secondary N) is 2. The molecule has 0 aliphatic heterocycles. The average molecular weight is 272 g/mol. The van der Waals surface area contributed by atoms with Crippen molar-refractivity contribution in [2.24, 2.45) is 5.92 Å². The molecule has 0 aromatic carbocycles. The maximum absolute atomic E-state index is 11.5. The summed E-state index contributed by atoms with van der Waals surface area (Å²) in [6.07, 6.45) is 5.00. The Labute approximate surface area is 116 Å². The minimum absolute atomic E-state index is 0.176. The molecular weight excluding hydrogens is 244 g/mol. The lowest BCUT2D eigenvalue weighted by Crippen LogP contribution is -2.43. The van der Waals surface area contributed by atoms with Crippen LogP contribution in [0.5, 0.6) is 0 Å². The van der Waals surface area contributed by atoms with E-state index in [1.54, 1.807) is 0 Å². The Morgan fingerprint density at radius 1 is 1.33 bits per heavy atom. The Balaban J connectivity index is 2.38. The molecule has 2 N–H and O–H groups in total. The lowest BCUT2D eigenvalue weighted by molar-refractivity contribution is -0.118. The third-order valence-electron chi connectivity index (χ3n) is 3.51. The topological polar surface area (TPSA) is 41.1 Å². The molecule has 1 fully saturated rings. The molecule has 3 atom stereocenters. The summed E-state index contributed by atoms with van der Waals surface area (Å²) >= 11 is 1.83. The fourth-order valence-corrected chi connectivity index (χ4v) is 3.90. The summed E-state index contributed by atoms with van der Waals surface area (Å²) in [7, 11) is 0. The Morgan fingerprint density at radius 3 is 2.78 bits per heavy atom. The summed E-state index contributed by atoms with van der Waals surface area (Å²) in [5, 5.41) is 7.12. The maximum atomic E-state index is 11.5. The van der Waals surface area contributed by atoms with E-state index in [1.165, 1.54) is 25.7 Å². The zero-order valence-corrected chi connectivity index (χ0v) is 12.8. The monoisotopic (exact) mass is 272 g/mol. The molecule has 0 saturated heterocycles. The van der Waals surface area contributed by atoms with Gasteiger partial charge in [0.2, 0.25) is 5.91 Å². The molecule has 3 unspecified atom stereocenters. The van der Waals surface area contributed by atoms with E-state index in [-0.39, 0.29) is 5.91 Å². The van der Waals surface area contributed by atoms with Gasteiger partial charge in [0, 0.05) is 17.8 Å². The van der Waals surface area contributed by atoms with E-state index < -0.39 is 0 Å². The summed E-state index contributed by atoms with van der Waals surface area (Å²) in [6.45, 7) is 8.33. The van der Waals surface area contributed by atoms with Crippen molar-refractivity contribution in [2.75, 3.05) is 18.8 Å². The molecule has 1 aliphatic rings. The van der Waals surface area contributed by atoms with Gasteiger partial charge in [-0.25, -0.2) is 0 Å². The normalized spacial score (nSPS) is 28.1. The average Bonchev–Trinajstić information content (AvgIpc) is 2.35. The van der Waals surface area contributed by atoms with Crippen LogP contribution in [0.3, 0.4) is 0 Å². The van der Waals surface area contributed by atoms with Gasteiger partial charge in [-0.1, -0.05) is 13.8 Å². The molecule has 0 heterocycles. The predicted molar refractivity (Wildman–Crippen MR) is 80.0 cm³/mol. The Hall–Kier alpha value is -0.220. The number of hydrogen-bond donors (Lipinski definition) is 2. The fourth-order valence-electron chi connectivity index (χ4n) is 2.51. The first-order chi connectivity index (χ1) is 8.67. The van der Waals surface area contributed by atoms with Gasteiger partial charge >= 0.3 is 0 Å². The van der Waals surface area contributed by atoms with Crippen molar-refractivity contribution in [3.8, 4) is 0 Å². The molecule has 1 amide bonds. The van der Waals surface area contributed by atoms with Crippen LogP contribution < -0.4 is 10.6 Å². The minimum Gasteiger partial charge on any atom is -0.356 e. The van der Waals surface area contributed by atoms with Gasteiger partial charge in [-0.2, -0.15) is 0 Å². The first kappa shape index (κ1) is 15.8. The standard InChI is InChI=1S/C14H28N2OS/c1-4-8-16-12-7-6-11(3)9-13(12)18-10-14(17)15-5-2/h11-13,16H,4-10H2,1-3H3,(H,15,17). The van der Waals surface area contributed by atoms with Crippen LogP contribution in [0.4, 0.5) is 0 Å². The lowest BCUT2D eigenvalue weighted by Gasteiger charge is -2.35. The van der Waals surface area contributed by atoms with Crippen molar-refractivity contribution in [3.63, 3.8) is 0 Å². The van der Waals surface area contributed by atoms with Crippen LogP contribution in [0, 0.1) is 5.92 Å². The molecule has 0 aromatic heterocycles. The molecule has 1 aliphatic carbocycles. The second-order valence-corrected chi connectivity index (χ2v) is 6.51. The molecule has 106 valence electrons. The summed E-state index contributed by atoms with van der Waals surface area (Å²) in [6, 6.07) is 0.598. The van der Waals surface area contributed by atoms with E-state index in [0.29, 0.717) is 17.0 Å². The van der Waals surface area contributed by atoms with Crippen molar-refractivity contribution in [2.45, 2.75) is 57.7 Å². The highest BCUT2D eigenvalue weighted by Gasteiger charge is 2.28. The smallest absolute Gasteiger partial charge is 0.229 e. The number of thioether (sulfide) groups is 1. The van der Waals surface area contributed by atoms with Gasteiger partial charge in [0.05, 0.1) is 5.75 Å². The van der Waals surface area contributed by atoms with Gasteiger partial charge in [0.15, 0.2) is 0 Å². The SMILES string of the molecule is CCCNC1CCC(C)CC1SCC(=O)NCC. The van der Waals surface area contributed by atoms with Gasteiger partial charge in [0.1, 0.15) is 0 Å². The lowest BCUT2D eigenvalue weighted by atomic mass is 9.87. The second-order valence-electron chi connectivity index (χ2n) is 5.28. The van der Waals surface area contributed by atoms with Crippen LogP contribution >= 0.6 is 11.8 Å². The van der Waals surface area contributed by atoms with E-state index in [9.17, 15) is 4.79 Å². The van der Waals surface area contributed by atoms with Crippen LogP contribution in [0.15, 0.2) is 0 Å². The van der Waals surface area contributed by atoms with E-state index in [1.807, 2.05) is 18.7 Å². The van der Waals surface area contributed by atoms with Crippen LogP contribution in [-0.2, 0) is 4.79 Å². The van der Waals surface area contributed by atoms with Crippen molar-refractivity contribution in [1.29, 1.82) is 0 Å². The fraction of sp³-hybridized carbons (Fsp3) is 0.929. The van der Waals surface area contributed by atoms with Crippen molar-refractivity contribution >= 4 is 17.7 Å². The largest absolute Gasteiger partial charge is 0.356 e. The zero-order chi connectivity index (χ0) is 13.4. The van der Waals surface area contributed by atoms with Crippen molar-refractivity contribution in [1.82, 2.24) is 10.6 Å². The van der Waals surface area contributed by atoms with Gasteiger partial charge < -0.3 is 10.6 Å². The third kappa shape index (κ3) is 5.61. The van der Waals surface area contributed by atoms with Gasteiger partial charge in [-0.15, -0.1) is 11.8 Å². The van der Waals surface area contributed by atoms with Crippen LogP contribution in [0.2, 0.25) is 0 Å². The first-order valence-corrected chi connectivity index (χ1v) is 8.33. The van der Waals surface area contributed by atoms with E-state index in [0.717, 1.165) is 19.0 Å². The van der Waals surface area contributed by atoms with Crippen LogP contribution in [0.1, 0.15) is 46.5 Å². The van der Waals surface area contributed by atoms with E-state index in [2.05, 4.69) is 24.5 Å². The summed E-state index contributed by atoms with van der Waals surface area (Å²) in [4.78, 5) is 11.5. The molecule has 4 heteroatoms. The minimum atomic E-state index is 0.176. The van der Waals surface area contributed by atoms with Crippen LogP contribution in [-0.4, -0.2) is 36.0 Å². The number of hydrogen-bond acceptors (Lipinski definition) is 3. The summed E-state index contributed by atoms with van der Waals surface area (Å²) < 4.78 is 0. The second kappa shape index (κ2) is 8.81. The molecule has 0 radical (unpaired) electrons. The molecule has 0 spiro atoms. The molecule has 1 saturated carbocycles. The summed E-state index contributed by atoms with van der Waals surface area (Å²) in [5.74, 6) is 1.58. The number of carbonyl (C=O) groups is 1. The maximum Gasteiger partial charge on any atom is 0.229 e. The zero-order valence-electron chi connectivity index (χ0n) is 12.0. The Morgan fingerprint density at radius 2 is 2.11 bits per heavy atom. The number of amides is 1. The Bertz CT molecular complexity index is 246. The number of carbonyl (C=O) groups excluding carboxylic acids is 1. The van der Waals surface area contributed by atoms with Crippen LogP contribution in [0.25, 0.3) is 0 Å². The highest BCUT2D eigenvalue weighted by atomic mass is 32.2. The summed E-state index contributed by atoms with van der Waals surface area (Å²) in [5.41, 5.74) is 0. The number of rotatable bonds is 7. The molecule has 3 nitrogen and oxygen atoms in total. The third-order valence-corrected chi connectivity index (χ3v) is 4.89.